The molecule has 0 bridgehead atoms. The van der Waals surface area contributed by atoms with Crippen LogP contribution in [0.25, 0.3) is 11.3 Å². The monoisotopic (exact) mass is 256 g/mol. The number of hydrogen-bond donors (Lipinski definition) is 0. The zero-order chi connectivity index (χ0) is 13.8. The average molecular weight is 256 g/mol. The Hall–Kier alpha value is -2.36. The smallest absolute Gasteiger partial charge is 0.333 e. The lowest BCUT2D eigenvalue weighted by atomic mass is 10.1. The molecule has 0 amide bonds. The number of benzene rings is 1. The number of nitrogens with zero attached hydrogens (tertiary/aromatic N) is 2. The molecule has 0 aliphatic carbocycles. The number of carbonyl (C=O) groups is 1. The van der Waals surface area contributed by atoms with Crippen LogP contribution in [0.2, 0.25) is 0 Å². The van der Waals surface area contributed by atoms with Crippen molar-refractivity contribution in [1.29, 1.82) is 0 Å². The Kier molecular flexibility index (Phi) is 3.80. The number of aromatic nitrogens is 2. The van der Waals surface area contributed by atoms with Gasteiger partial charge < -0.3 is 9.30 Å². The molecule has 0 saturated heterocycles. The molecule has 0 spiro atoms. The Morgan fingerprint density at radius 2 is 2.05 bits per heavy atom. The lowest BCUT2D eigenvalue weighted by Crippen LogP contribution is -2.08. The van der Waals surface area contributed by atoms with Crippen LogP contribution in [-0.4, -0.2) is 15.5 Å². The van der Waals surface area contributed by atoms with Crippen molar-refractivity contribution >= 4 is 5.97 Å². The van der Waals surface area contributed by atoms with Crippen molar-refractivity contribution in [3.05, 3.63) is 54.5 Å². The molecule has 1 aromatic carbocycles. The molecule has 2 aromatic rings. The van der Waals surface area contributed by atoms with Gasteiger partial charge in [0, 0.05) is 18.2 Å². The van der Waals surface area contributed by atoms with Crippen molar-refractivity contribution < 1.29 is 9.53 Å². The van der Waals surface area contributed by atoms with E-state index in [0.717, 1.165) is 17.0 Å². The van der Waals surface area contributed by atoms with Gasteiger partial charge in [-0.15, -0.1) is 0 Å². The molecule has 1 heterocycles. The van der Waals surface area contributed by atoms with E-state index in [1.165, 1.54) is 0 Å². The van der Waals surface area contributed by atoms with Crippen molar-refractivity contribution in [2.75, 3.05) is 0 Å². The van der Waals surface area contributed by atoms with E-state index in [0.29, 0.717) is 5.57 Å². The molecule has 0 fully saturated rings. The molecular formula is C15H16N2O2. The third kappa shape index (κ3) is 2.91. The fourth-order valence-corrected chi connectivity index (χ4v) is 1.72. The lowest BCUT2D eigenvalue weighted by Gasteiger charge is -2.07. The van der Waals surface area contributed by atoms with Gasteiger partial charge in [0.15, 0.2) is 0 Å². The molecule has 0 unspecified atom stereocenters. The highest BCUT2D eigenvalue weighted by atomic mass is 16.5. The molecule has 0 N–H and O–H groups in total. The van der Waals surface area contributed by atoms with Crippen molar-refractivity contribution in [2.24, 2.45) is 7.05 Å². The molecule has 1 aromatic heterocycles. The molecule has 4 nitrogen and oxygen atoms in total. The molecule has 0 aliphatic rings. The zero-order valence-corrected chi connectivity index (χ0v) is 11.1. The van der Waals surface area contributed by atoms with Crippen LogP contribution in [0.5, 0.6) is 0 Å². The summed E-state index contributed by atoms with van der Waals surface area (Å²) in [6.07, 6.45) is 1.71. The summed E-state index contributed by atoms with van der Waals surface area (Å²) < 4.78 is 7.05. The normalized spacial score (nSPS) is 10.2. The second kappa shape index (κ2) is 5.52. The topological polar surface area (TPSA) is 44.1 Å². The second-order valence-electron chi connectivity index (χ2n) is 4.37. The highest BCUT2D eigenvalue weighted by molar-refractivity contribution is 5.86. The van der Waals surface area contributed by atoms with Crippen molar-refractivity contribution in [1.82, 2.24) is 9.55 Å². The highest BCUT2D eigenvalue weighted by Gasteiger charge is 2.13. The van der Waals surface area contributed by atoms with Gasteiger partial charge in [0.25, 0.3) is 0 Å². The number of carbonyl (C=O) groups excluding carboxylic acids is 1. The Morgan fingerprint density at radius 1 is 1.37 bits per heavy atom. The highest BCUT2D eigenvalue weighted by Crippen LogP contribution is 2.22. The van der Waals surface area contributed by atoms with Crippen LogP contribution in [0, 0.1) is 0 Å². The minimum atomic E-state index is -0.389. The second-order valence-corrected chi connectivity index (χ2v) is 4.37. The first-order chi connectivity index (χ1) is 9.09. The van der Waals surface area contributed by atoms with Crippen LogP contribution in [-0.2, 0) is 23.2 Å². The summed E-state index contributed by atoms with van der Waals surface area (Å²) in [4.78, 5) is 15.8. The molecule has 19 heavy (non-hydrogen) atoms. The third-order valence-corrected chi connectivity index (χ3v) is 2.79. The van der Waals surface area contributed by atoms with Crippen molar-refractivity contribution in [3.63, 3.8) is 0 Å². The Balaban J connectivity index is 2.24. The van der Waals surface area contributed by atoms with Gasteiger partial charge in [0.2, 0.25) is 0 Å². The number of esters is 1. The predicted octanol–water partition coefficient (Wildman–Crippen LogP) is 2.71. The van der Waals surface area contributed by atoms with Gasteiger partial charge >= 0.3 is 5.97 Å². The van der Waals surface area contributed by atoms with E-state index in [1.807, 2.05) is 41.9 Å². The van der Waals surface area contributed by atoms with Crippen LogP contribution in [0.15, 0.2) is 48.8 Å². The summed E-state index contributed by atoms with van der Waals surface area (Å²) in [5.74, 6) is -0.389. The number of imidazole rings is 1. The fourth-order valence-electron chi connectivity index (χ4n) is 1.72. The van der Waals surface area contributed by atoms with Gasteiger partial charge in [-0.2, -0.15) is 0 Å². The molecular weight excluding hydrogens is 240 g/mol. The van der Waals surface area contributed by atoms with Gasteiger partial charge in [0.1, 0.15) is 6.61 Å². The lowest BCUT2D eigenvalue weighted by molar-refractivity contribution is -0.140. The SMILES string of the molecule is C=C(C)C(=O)OCc1c(-c2ccccc2)ncn1C. The maximum absolute atomic E-state index is 11.4. The summed E-state index contributed by atoms with van der Waals surface area (Å²) in [6.45, 7) is 5.38. The van der Waals surface area contributed by atoms with Crippen molar-refractivity contribution in [3.8, 4) is 11.3 Å². The maximum Gasteiger partial charge on any atom is 0.333 e. The van der Waals surface area contributed by atoms with E-state index in [9.17, 15) is 4.79 Å². The Morgan fingerprint density at radius 3 is 2.68 bits per heavy atom. The van der Waals surface area contributed by atoms with E-state index in [4.69, 9.17) is 4.74 Å². The summed E-state index contributed by atoms with van der Waals surface area (Å²) in [5.41, 5.74) is 3.09. The third-order valence-electron chi connectivity index (χ3n) is 2.79. The molecule has 4 heteroatoms. The summed E-state index contributed by atoms with van der Waals surface area (Å²) >= 11 is 0. The number of aryl methyl sites for hydroxylation is 1. The quantitative estimate of drug-likeness (QED) is 0.624. The van der Waals surface area contributed by atoms with Crippen LogP contribution in [0.3, 0.4) is 0 Å². The zero-order valence-electron chi connectivity index (χ0n) is 11.1. The first kappa shape index (κ1) is 13.1. The summed E-state index contributed by atoms with van der Waals surface area (Å²) in [6, 6.07) is 9.81. The minimum Gasteiger partial charge on any atom is -0.456 e. The molecule has 0 atom stereocenters. The number of ether oxygens (including phenoxy) is 1. The molecule has 0 aliphatic heterocycles. The Labute approximate surface area is 112 Å². The van der Waals surface area contributed by atoms with Gasteiger partial charge in [-0.05, 0) is 6.92 Å². The van der Waals surface area contributed by atoms with Gasteiger partial charge in [-0.1, -0.05) is 36.9 Å². The standard InChI is InChI=1S/C15H16N2O2/c1-11(2)15(18)19-9-13-14(16-10-17(13)3)12-7-5-4-6-8-12/h4-8,10H,1,9H2,2-3H3. The van der Waals surface area contributed by atoms with E-state index in [1.54, 1.807) is 13.3 Å². The Bertz CT molecular complexity index is 600. The number of rotatable bonds is 4. The van der Waals surface area contributed by atoms with E-state index in [2.05, 4.69) is 11.6 Å². The molecule has 0 radical (unpaired) electrons. The van der Waals surface area contributed by atoms with Crippen LogP contribution < -0.4 is 0 Å². The van der Waals surface area contributed by atoms with Crippen LogP contribution in [0.1, 0.15) is 12.6 Å². The van der Waals surface area contributed by atoms with Crippen molar-refractivity contribution in [2.45, 2.75) is 13.5 Å². The number of hydrogen-bond acceptors (Lipinski definition) is 3. The first-order valence-corrected chi connectivity index (χ1v) is 5.98. The van der Waals surface area contributed by atoms with E-state index in [-0.39, 0.29) is 12.6 Å². The van der Waals surface area contributed by atoms with Crippen LogP contribution >= 0.6 is 0 Å². The molecule has 98 valence electrons. The predicted molar refractivity (Wildman–Crippen MR) is 73.3 cm³/mol. The molecule has 2 rings (SSSR count). The van der Waals surface area contributed by atoms with E-state index < -0.39 is 0 Å². The fraction of sp³-hybridized carbons (Fsp3) is 0.200. The average Bonchev–Trinajstić information content (AvgIpc) is 2.78. The first-order valence-electron chi connectivity index (χ1n) is 5.98. The maximum atomic E-state index is 11.4. The van der Waals surface area contributed by atoms with Crippen LogP contribution in [0.4, 0.5) is 0 Å². The largest absolute Gasteiger partial charge is 0.456 e. The van der Waals surface area contributed by atoms with Gasteiger partial charge in [-0.3, -0.25) is 0 Å². The minimum absolute atomic E-state index is 0.187. The summed E-state index contributed by atoms with van der Waals surface area (Å²) in [5, 5.41) is 0. The van der Waals surface area contributed by atoms with Gasteiger partial charge in [-0.25, -0.2) is 9.78 Å². The van der Waals surface area contributed by atoms with E-state index >= 15 is 0 Å². The van der Waals surface area contributed by atoms with Gasteiger partial charge in [0.05, 0.1) is 17.7 Å². The molecule has 0 saturated carbocycles. The summed E-state index contributed by atoms with van der Waals surface area (Å²) in [7, 11) is 1.88.